The van der Waals surface area contributed by atoms with E-state index in [0.717, 1.165) is 0 Å². The van der Waals surface area contributed by atoms with E-state index >= 15 is 0 Å². The second-order valence-electron chi connectivity index (χ2n) is 4.35. The highest BCUT2D eigenvalue weighted by molar-refractivity contribution is 5.76. The van der Waals surface area contributed by atoms with Crippen LogP contribution in [0.5, 0.6) is 0 Å². The van der Waals surface area contributed by atoms with Crippen molar-refractivity contribution in [2.24, 2.45) is 0 Å². The summed E-state index contributed by atoms with van der Waals surface area (Å²) < 4.78 is 0. The quantitative estimate of drug-likeness (QED) is 0.541. The van der Waals surface area contributed by atoms with Gasteiger partial charge >= 0.3 is 6.03 Å². The Morgan fingerprint density at radius 2 is 1.76 bits per heavy atom. The number of nitrogens with one attached hydrogen (secondary N) is 3. The molecule has 0 aromatic heterocycles. The number of hydrogen-bond acceptors (Lipinski definition) is 3. The first-order chi connectivity index (χ1) is 7.93. The molecule has 0 unspecified atom stereocenters. The maximum Gasteiger partial charge on any atom is 0.316 e. The summed E-state index contributed by atoms with van der Waals surface area (Å²) in [5.41, 5.74) is 0. The molecule has 0 saturated heterocycles. The summed E-state index contributed by atoms with van der Waals surface area (Å²) >= 11 is 0. The molecule has 0 aliphatic carbocycles. The standard InChI is InChI=1S/C11H24N4O2/c1-9(2)14-10(16)5-6-12-7-8-13-11(17)15(3)4/h9,12H,5-8H2,1-4H3,(H,13,17)(H,14,16). The molecule has 0 spiro atoms. The number of hydrogen-bond donors (Lipinski definition) is 3. The van der Waals surface area contributed by atoms with Gasteiger partial charge in [0.1, 0.15) is 0 Å². The van der Waals surface area contributed by atoms with Crippen LogP contribution in [-0.4, -0.2) is 56.6 Å². The molecule has 0 fully saturated rings. The Morgan fingerprint density at radius 1 is 1.12 bits per heavy atom. The number of nitrogens with zero attached hydrogens (tertiary/aromatic N) is 1. The summed E-state index contributed by atoms with van der Waals surface area (Å²) in [5.74, 6) is 0.0461. The molecule has 6 nitrogen and oxygen atoms in total. The Kier molecular flexibility index (Phi) is 8.13. The van der Waals surface area contributed by atoms with Crippen molar-refractivity contribution >= 4 is 11.9 Å². The molecule has 6 heteroatoms. The zero-order valence-corrected chi connectivity index (χ0v) is 11.2. The van der Waals surface area contributed by atoms with E-state index < -0.39 is 0 Å². The van der Waals surface area contributed by atoms with Crippen molar-refractivity contribution in [3.05, 3.63) is 0 Å². The van der Waals surface area contributed by atoms with Crippen LogP contribution in [0.1, 0.15) is 20.3 Å². The van der Waals surface area contributed by atoms with Crippen molar-refractivity contribution in [3.8, 4) is 0 Å². The van der Waals surface area contributed by atoms with E-state index in [2.05, 4.69) is 16.0 Å². The summed E-state index contributed by atoms with van der Waals surface area (Å²) in [7, 11) is 3.39. The van der Waals surface area contributed by atoms with Gasteiger partial charge in [-0.3, -0.25) is 4.79 Å². The fraction of sp³-hybridized carbons (Fsp3) is 0.818. The van der Waals surface area contributed by atoms with Crippen LogP contribution in [0.3, 0.4) is 0 Å². The van der Waals surface area contributed by atoms with Crippen molar-refractivity contribution in [2.45, 2.75) is 26.3 Å². The van der Waals surface area contributed by atoms with E-state index in [1.165, 1.54) is 4.90 Å². The topological polar surface area (TPSA) is 73.5 Å². The van der Waals surface area contributed by atoms with Gasteiger partial charge in [0.25, 0.3) is 0 Å². The van der Waals surface area contributed by atoms with Crippen molar-refractivity contribution < 1.29 is 9.59 Å². The Morgan fingerprint density at radius 3 is 2.29 bits per heavy atom. The maximum atomic E-state index is 11.3. The largest absolute Gasteiger partial charge is 0.354 e. The van der Waals surface area contributed by atoms with Crippen molar-refractivity contribution in [2.75, 3.05) is 33.7 Å². The van der Waals surface area contributed by atoms with Gasteiger partial charge in [-0.15, -0.1) is 0 Å². The molecule has 0 bridgehead atoms. The first-order valence-corrected chi connectivity index (χ1v) is 5.88. The minimum Gasteiger partial charge on any atom is -0.354 e. The fourth-order valence-electron chi connectivity index (χ4n) is 1.14. The zero-order chi connectivity index (χ0) is 13.3. The molecule has 0 rings (SSSR count). The second kappa shape index (κ2) is 8.81. The molecular formula is C11H24N4O2. The predicted molar refractivity (Wildman–Crippen MR) is 67.9 cm³/mol. The summed E-state index contributed by atoms with van der Waals surface area (Å²) in [6, 6.07) is 0.0752. The van der Waals surface area contributed by atoms with Gasteiger partial charge in [0.15, 0.2) is 0 Å². The SMILES string of the molecule is CC(C)NC(=O)CCNCCNC(=O)N(C)C. The molecule has 100 valence electrons. The number of carbonyl (C=O) groups excluding carboxylic acids is 2. The predicted octanol–water partition coefficient (Wildman–Crippen LogP) is -0.238. The van der Waals surface area contributed by atoms with Crippen LogP contribution in [0, 0.1) is 0 Å². The van der Waals surface area contributed by atoms with Crippen molar-refractivity contribution in [1.29, 1.82) is 0 Å². The van der Waals surface area contributed by atoms with Gasteiger partial charge in [0, 0.05) is 46.2 Å². The maximum absolute atomic E-state index is 11.3. The van der Waals surface area contributed by atoms with Crippen molar-refractivity contribution in [3.63, 3.8) is 0 Å². The number of urea groups is 1. The number of carbonyl (C=O) groups is 2. The van der Waals surface area contributed by atoms with E-state index in [1.807, 2.05) is 13.8 Å². The minimum absolute atomic E-state index is 0.0461. The third-order valence-electron chi connectivity index (χ3n) is 1.96. The van der Waals surface area contributed by atoms with Gasteiger partial charge in [0.05, 0.1) is 0 Å². The van der Waals surface area contributed by atoms with Gasteiger partial charge in [-0.25, -0.2) is 4.79 Å². The third kappa shape index (κ3) is 9.62. The molecule has 0 heterocycles. The summed E-state index contributed by atoms with van der Waals surface area (Å²) in [5, 5.41) is 8.63. The molecule has 3 N–H and O–H groups in total. The van der Waals surface area contributed by atoms with Gasteiger partial charge in [-0.2, -0.15) is 0 Å². The van der Waals surface area contributed by atoms with Gasteiger partial charge in [-0.1, -0.05) is 0 Å². The Balaban J connectivity index is 3.35. The zero-order valence-electron chi connectivity index (χ0n) is 11.2. The lowest BCUT2D eigenvalue weighted by Crippen LogP contribution is -2.39. The lowest BCUT2D eigenvalue weighted by molar-refractivity contribution is -0.121. The van der Waals surface area contributed by atoms with Crippen LogP contribution < -0.4 is 16.0 Å². The molecule has 0 aromatic carbocycles. The van der Waals surface area contributed by atoms with Crippen LogP contribution in [-0.2, 0) is 4.79 Å². The van der Waals surface area contributed by atoms with E-state index in [-0.39, 0.29) is 18.0 Å². The number of amides is 3. The lowest BCUT2D eigenvalue weighted by atomic mass is 10.3. The van der Waals surface area contributed by atoms with Gasteiger partial charge < -0.3 is 20.9 Å². The second-order valence-corrected chi connectivity index (χ2v) is 4.35. The Bertz CT molecular complexity index is 242. The van der Waals surface area contributed by atoms with Crippen LogP contribution in [0.2, 0.25) is 0 Å². The molecule has 3 amide bonds. The van der Waals surface area contributed by atoms with E-state index in [4.69, 9.17) is 0 Å². The summed E-state index contributed by atoms with van der Waals surface area (Å²) in [4.78, 5) is 23.9. The highest BCUT2D eigenvalue weighted by Crippen LogP contribution is 1.82. The molecule has 0 atom stereocenters. The van der Waals surface area contributed by atoms with Gasteiger partial charge in [-0.05, 0) is 13.8 Å². The average molecular weight is 244 g/mol. The van der Waals surface area contributed by atoms with Gasteiger partial charge in [0.2, 0.25) is 5.91 Å². The molecule has 17 heavy (non-hydrogen) atoms. The monoisotopic (exact) mass is 244 g/mol. The lowest BCUT2D eigenvalue weighted by Gasteiger charge is -2.12. The van der Waals surface area contributed by atoms with Crippen LogP contribution in [0.4, 0.5) is 4.79 Å². The van der Waals surface area contributed by atoms with Crippen molar-refractivity contribution in [1.82, 2.24) is 20.9 Å². The minimum atomic E-state index is -0.107. The van der Waals surface area contributed by atoms with Crippen LogP contribution in [0.15, 0.2) is 0 Å². The Hall–Kier alpha value is -1.30. The molecular weight excluding hydrogens is 220 g/mol. The molecule has 0 aliphatic rings. The van der Waals surface area contributed by atoms with Crippen LogP contribution >= 0.6 is 0 Å². The highest BCUT2D eigenvalue weighted by atomic mass is 16.2. The van der Waals surface area contributed by atoms with E-state index in [0.29, 0.717) is 26.1 Å². The molecule has 0 aromatic rings. The molecule has 0 saturated carbocycles. The van der Waals surface area contributed by atoms with E-state index in [1.54, 1.807) is 14.1 Å². The van der Waals surface area contributed by atoms with E-state index in [9.17, 15) is 9.59 Å². The third-order valence-corrected chi connectivity index (χ3v) is 1.96. The highest BCUT2D eigenvalue weighted by Gasteiger charge is 2.03. The Labute approximate surface area is 103 Å². The van der Waals surface area contributed by atoms with Crippen LogP contribution in [0.25, 0.3) is 0 Å². The smallest absolute Gasteiger partial charge is 0.316 e. The summed E-state index contributed by atoms with van der Waals surface area (Å²) in [6.07, 6.45) is 0.458. The first-order valence-electron chi connectivity index (χ1n) is 5.88. The molecule has 0 radical (unpaired) electrons. The average Bonchev–Trinajstić information content (AvgIpc) is 2.21. The normalized spacial score (nSPS) is 10.2. The summed E-state index contributed by atoms with van der Waals surface area (Å²) in [6.45, 7) is 5.71. The number of rotatable bonds is 7. The first kappa shape index (κ1) is 15.7. The molecule has 0 aliphatic heterocycles. The fourth-order valence-corrected chi connectivity index (χ4v) is 1.14.